The summed E-state index contributed by atoms with van der Waals surface area (Å²) in [6.45, 7) is 4.50. The van der Waals surface area contributed by atoms with E-state index in [2.05, 4.69) is 16.0 Å². The Morgan fingerprint density at radius 3 is 2.45 bits per heavy atom. The predicted molar refractivity (Wildman–Crippen MR) is 134 cm³/mol. The molecule has 3 aromatic rings. The van der Waals surface area contributed by atoms with Crippen molar-refractivity contribution in [3.05, 3.63) is 78.4 Å². The lowest BCUT2D eigenvalue weighted by Gasteiger charge is -2.12. The minimum atomic E-state index is -0.0907. The molecule has 0 fully saturated rings. The number of thioether (sulfide) groups is 1. The van der Waals surface area contributed by atoms with Crippen LogP contribution in [0.25, 0.3) is 0 Å². The summed E-state index contributed by atoms with van der Waals surface area (Å²) >= 11 is 6.86. The topological polar surface area (TPSA) is 62.4 Å². The average molecular weight is 452 g/mol. The van der Waals surface area contributed by atoms with Crippen LogP contribution in [0.15, 0.2) is 77.7 Å². The van der Waals surface area contributed by atoms with E-state index in [-0.39, 0.29) is 11.7 Å². The number of nitrogens with one attached hydrogen (secondary N) is 3. The molecule has 1 amide bonds. The number of para-hydroxylation sites is 2. The van der Waals surface area contributed by atoms with Crippen molar-refractivity contribution in [2.24, 2.45) is 0 Å². The van der Waals surface area contributed by atoms with E-state index in [0.29, 0.717) is 23.2 Å². The van der Waals surface area contributed by atoms with Gasteiger partial charge in [-0.15, -0.1) is 11.8 Å². The molecule has 0 atom stereocenters. The normalized spacial score (nSPS) is 10.3. The Hall–Kier alpha value is -3.03. The number of carbonyl (C=O) groups is 1. The van der Waals surface area contributed by atoms with Crippen LogP contribution in [0, 0.1) is 6.92 Å². The van der Waals surface area contributed by atoms with Crippen molar-refractivity contribution < 1.29 is 9.53 Å². The number of amides is 1. The Morgan fingerprint density at radius 2 is 1.68 bits per heavy atom. The number of rotatable bonds is 8. The summed E-state index contributed by atoms with van der Waals surface area (Å²) in [6.07, 6.45) is 0. The maximum atomic E-state index is 12.4. The number of aryl methyl sites for hydroxylation is 1. The molecule has 0 aliphatic heterocycles. The first-order valence-corrected chi connectivity index (χ1v) is 11.3. The highest BCUT2D eigenvalue weighted by Gasteiger charge is 2.08. The molecular weight excluding hydrogens is 426 g/mol. The van der Waals surface area contributed by atoms with Crippen LogP contribution in [0.1, 0.15) is 12.5 Å². The van der Waals surface area contributed by atoms with Crippen molar-refractivity contribution in [3.8, 4) is 5.75 Å². The van der Waals surface area contributed by atoms with Gasteiger partial charge in [0.05, 0.1) is 18.0 Å². The molecule has 0 unspecified atom stereocenters. The van der Waals surface area contributed by atoms with Crippen molar-refractivity contribution in [2.45, 2.75) is 18.7 Å². The monoisotopic (exact) mass is 451 g/mol. The average Bonchev–Trinajstić information content (AvgIpc) is 2.76. The molecule has 3 aromatic carbocycles. The number of thiocarbonyl (C=S) groups is 1. The molecule has 5 nitrogen and oxygen atoms in total. The molecule has 0 bridgehead atoms. The molecule has 0 saturated heterocycles. The molecule has 3 rings (SSSR count). The molecular formula is C24H25N3O2S2. The van der Waals surface area contributed by atoms with Crippen LogP contribution in [-0.2, 0) is 4.79 Å². The predicted octanol–water partition coefficient (Wildman–Crippen LogP) is 5.93. The van der Waals surface area contributed by atoms with E-state index in [1.54, 1.807) is 0 Å². The minimum Gasteiger partial charge on any atom is -0.492 e. The van der Waals surface area contributed by atoms with E-state index >= 15 is 0 Å². The first-order chi connectivity index (χ1) is 15.0. The Morgan fingerprint density at radius 1 is 0.935 bits per heavy atom. The van der Waals surface area contributed by atoms with Crippen LogP contribution in [-0.4, -0.2) is 23.4 Å². The molecule has 0 heterocycles. The zero-order valence-electron chi connectivity index (χ0n) is 17.5. The number of anilines is 3. The summed E-state index contributed by atoms with van der Waals surface area (Å²) in [5, 5.41) is 9.77. The highest BCUT2D eigenvalue weighted by molar-refractivity contribution is 8.00. The second-order valence-corrected chi connectivity index (χ2v) is 8.20. The number of hydrogen-bond donors (Lipinski definition) is 3. The quantitative estimate of drug-likeness (QED) is 0.291. The Labute approximate surface area is 192 Å². The minimum absolute atomic E-state index is 0.0907. The van der Waals surface area contributed by atoms with Crippen molar-refractivity contribution in [1.29, 1.82) is 0 Å². The van der Waals surface area contributed by atoms with Crippen molar-refractivity contribution in [3.63, 3.8) is 0 Å². The van der Waals surface area contributed by atoms with Gasteiger partial charge in [-0.3, -0.25) is 4.79 Å². The molecule has 160 valence electrons. The summed E-state index contributed by atoms with van der Waals surface area (Å²) in [6, 6.07) is 23.3. The van der Waals surface area contributed by atoms with Gasteiger partial charge in [-0.05, 0) is 68.5 Å². The maximum Gasteiger partial charge on any atom is 0.234 e. The van der Waals surface area contributed by atoms with Gasteiger partial charge in [-0.25, -0.2) is 0 Å². The van der Waals surface area contributed by atoms with Crippen LogP contribution in [0.4, 0.5) is 17.1 Å². The summed E-state index contributed by atoms with van der Waals surface area (Å²) in [4.78, 5) is 13.4. The van der Waals surface area contributed by atoms with Crippen LogP contribution in [0.3, 0.4) is 0 Å². The fourth-order valence-electron chi connectivity index (χ4n) is 2.78. The second kappa shape index (κ2) is 11.4. The standard InChI is InChI=1S/C24H25N3O2S2/c1-3-29-22-10-5-4-9-21(22)27-23(28)16-31-20-8-6-7-19(15-20)26-24(30)25-18-13-11-17(2)12-14-18/h4-15H,3,16H2,1-2H3,(H,27,28)(H2,25,26,30). The van der Waals surface area contributed by atoms with E-state index in [1.807, 2.05) is 86.6 Å². The summed E-state index contributed by atoms with van der Waals surface area (Å²) < 4.78 is 5.55. The third kappa shape index (κ3) is 7.31. The molecule has 0 radical (unpaired) electrons. The lowest BCUT2D eigenvalue weighted by atomic mass is 10.2. The largest absolute Gasteiger partial charge is 0.492 e. The van der Waals surface area contributed by atoms with Gasteiger partial charge in [0.1, 0.15) is 5.75 Å². The van der Waals surface area contributed by atoms with E-state index in [1.165, 1.54) is 17.3 Å². The number of ether oxygens (including phenoxy) is 1. The zero-order valence-corrected chi connectivity index (χ0v) is 19.1. The van der Waals surface area contributed by atoms with Gasteiger partial charge in [0.25, 0.3) is 0 Å². The molecule has 0 saturated carbocycles. The summed E-state index contributed by atoms with van der Waals surface area (Å²) in [5.41, 5.74) is 3.66. The van der Waals surface area contributed by atoms with Crippen LogP contribution in [0.2, 0.25) is 0 Å². The third-order valence-electron chi connectivity index (χ3n) is 4.23. The molecule has 3 N–H and O–H groups in total. The lowest BCUT2D eigenvalue weighted by Crippen LogP contribution is -2.19. The van der Waals surface area contributed by atoms with Crippen molar-refractivity contribution in [2.75, 3.05) is 28.3 Å². The first-order valence-electron chi connectivity index (χ1n) is 9.92. The van der Waals surface area contributed by atoms with E-state index in [9.17, 15) is 4.79 Å². The third-order valence-corrected chi connectivity index (χ3v) is 5.43. The van der Waals surface area contributed by atoms with Crippen molar-refractivity contribution in [1.82, 2.24) is 0 Å². The smallest absolute Gasteiger partial charge is 0.234 e. The van der Waals surface area contributed by atoms with Gasteiger partial charge in [0.15, 0.2) is 5.11 Å². The van der Waals surface area contributed by atoms with Gasteiger partial charge in [-0.1, -0.05) is 35.9 Å². The van der Waals surface area contributed by atoms with Gasteiger partial charge in [0.2, 0.25) is 5.91 Å². The zero-order chi connectivity index (χ0) is 22.1. The summed E-state index contributed by atoms with van der Waals surface area (Å²) in [5.74, 6) is 0.867. The molecule has 31 heavy (non-hydrogen) atoms. The SMILES string of the molecule is CCOc1ccccc1NC(=O)CSc1cccc(NC(=S)Nc2ccc(C)cc2)c1. The fraction of sp³-hybridized carbons (Fsp3) is 0.167. The molecule has 0 spiro atoms. The van der Waals surface area contributed by atoms with E-state index in [4.69, 9.17) is 17.0 Å². The summed E-state index contributed by atoms with van der Waals surface area (Å²) in [7, 11) is 0. The Kier molecular flexibility index (Phi) is 8.32. The van der Waals surface area contributed by atoms with Gasteiger partial charge in [-0.2, -0.15) is 0 Å². The second-order valence-electron chi connectivity index (χ2n) is 6.74. The van der Waals surface area contributed by atoms with Gasteiger partial charge < -0.3 is 20.7 Å². The van der Waals surface area contributed by atoms with E-state index < -0.39 is 0 Å². The maximum absolute atomic E-state index is 12.4. The first kappa shape index (κ1) is 22.7. The molecule has 0 aromatic heterocycles. The highest BCUT2D eigenvalue weighted by atomic mass is 32.2. The van der Waals surface area contributed by atoms with Crippen molar-refractivity contribution >= 4 is 52.1 Å². The number of hydrogen-bond acceptors (Lipinski definition) is 4. The molecule has 0 aliphatic carbocycles. The van der Waals surface area contributed by atoms with Crippen LogP contribution < -0.4 is 20.7 Å². The molecule has 0 aliphatic rings. The van der Waals surface area contributed by atoms with Crippen LogP contribution in [0.5, 0.6) is 5.75 Å². The Balaban J connectivity index is 1.52. The van der Waals surface area contributed by atoms with Gasteiger partial charge >= 0.3 is 0 Å². The number of benzene rings is 3. The lowest BCUT2D eigenvalue weighted by molar-refractivity contribution is -0.113. The number of carbonyl (C=O) groups excluding carboxylic acids is 1. The van der Waals surface area contributed by atoms with Crippen LogP contribution >= 0.6 is 24.0 Å². The fourth-order valence-corrected chi connectivity index (χ4v) is 3.77. The van der Waals surface area contributed by atoms with Gasteiger partial charge in [0, 0.05) is 16.3 Å². The molecule has 7 heteroatoms. The highest BCUT2D eigenvalue weighted by Crippen LogP contribution is 2.25. The Bertz CT molecular complexity index is 1040. The van der Waals surface area contributed by atoms with E-state index in [0.717, 1.165) is 16.3 Å².